The molecule has 3 N–H and O–H groups in total. The van der Waals surface area contributed by atoms with Gasteiger partial charge in [-0.1, -0.05) is 47.6 Å². The third kappa shape index (κ3) is 13.8. The lowest BCUT2D eigenvalue weighted by atomic mass is 9.86. The summed E-state index contributed by atoms with van der Waals surface area (Å²) in [5.74, 6) is -1.24. The highest BCUT2D eigenvalue weighted by atomic mass is 16.7. The second-order valence-corrected chi connectivity index (χ2v) is 11.6. The first-order valence-corrected chi connectivity index (χ1v) is 14.0. The fraction of sp³-hybridized carbons (Fsp3) is 0.667. The van der Waals surface area contributed by atoms with Gasteiger partial charge in [0.15, 0.2) is 11.5 Å². The topological polar surface area (TPSA) is 151 Å². The van der Waals surface area contributed by atoms with Gasteiger partial charge in [0, 0.05) is 25.7 Å². The number of carboxylic acid groups (broad SMARTS) is 1. The molecule has 2 atom stereocenters. The van der Waals surface area contributed by atoms with E-state index in [0.717, 1.165) is 0 Å². The van der Waals surface area contributed by atoms with E-state index in [1.807, 2.05) is 41.5 Å². The molecule has 0 heterocycles. The number of aliphatic carboxylic acids is 1. The molecule has 10 heteroatoms. The van der Waals surface area contributed by atoms with E-state index >= 15 is 0 Å². The van der Waals surface area contributed by atoms with Crippen LogP contribution in [0.3, 0.4) is 0 Å². The number of benzene rings is 1. The quantitative estimate of drug-likeness (QED) is 0.178. The van der Waals surface area contributed by atoms with Crippen molar-refractivity contribution in [1.82, 2.24) is 0 Å². The van der Waals surface area contributed by atoms with Gasteiger partial charge in [-0.2, -0.15) is 0 Å². The molecule has 0 radical (unpaired) electrons. The van der Waals surface area contributed by atoms with Gasteiger partial charge >= 0.3 is 24.1 Å². The molecule has 0 spiro atoms. The van der Waals surface area contributed by atoms with Gasteiger partial charge in [-0.25, -0.2) is 4.79 Å². The molecule has 1 rings (SSSR count). The van der Waals surface area contributed by atoms with E-state index in [1.54, 1.807) is 6.07 Å². The van der Waals surface area contributed by atoms with Gasteiger partial charge in [-0.15, -0.1) is 0 Å². The number of hydrogen-bond donors (Lipinski definition) is 2. The van der Waals surface area contributed by atoms with E-state index in [4.69, 9.17) is 24.7 Å². The summed E-state index contributed by atoms with van der Waals surface area (Å²) in [4.78, 5) is 49.0. The van der Waals surface area contributed by atoms with Crippen LogP contribution in [0.4, 0.5) is 4.79 Å². The Morgan fingerprint density at radius 2 is 1.35 bits per heavy atom. The fourth-order valence-corrected chi connectivity index (χ4v) is 3.72. The fourth-order valence-electron chi connectivity index (χ4n) is 3.72. The molecule has 1 aromatic carbocycles. The Bertz CT molecular complexity index is 989. The summed E-state index contributed by atoms with van der Waals surface area (Å²) in [5, 5.41) is 9.94. The molecule has 0 aliphatic rings. The lowest BCUT2D eigenvalue weighted by Crippen LogP contribution is -2.52. The smallest absolute Gasteiger partial charge is 0.480 e. The second kappa shape index (κ2) is 16.8. The van der Waals surface area contributed by atoms with Crippen LogP contribution >= 0.6 is 0 Å². The van der Waals surface area contributed by atoms with Gasteiger partial charge in [0.05, 0.1) is 6.61 Å². The minimum Gasteiger partial charge on any atom is -0.480 e. The zero-order chi connectivity index (χ0) is 30.5. The molecule has 0 aromatic heterocycles. The largest absolute Gasteiger partial charge is 0.508 e. The molecule has 0 bridgehead atoms. The summed E-state index contributed by atoms with van der Waals surface area (Å²) in [6.07, 6.45) is 0.192. The second-order valence-electron chi connectivity index (χ2n) is 11.6. The molecule has 1 aromatic rings. The van der Waals surface area contributed by atoms with E-state index < -0.39 is 35.7 Å². The molecular formula is C30H47NO9. The minimum absolute atomic E-state index is 0.00919. The molecular weight excluding hydrogens is 518 g/mol. The standard InChI is InChI=1S/C30H47NO9/c1-19(2)8-12-26(32)39-24-11-10-23(16-25(24)40-27(33)13-9-20(3)4)18-30(31,28(34)35)17-22(7)38-29(36)37-15-14-21(5)6/h10-11,16,19-22H,8-9,12-15,17-18,31H2,1-7H3,(H,34,35)/t22-,30?/m0/s1. The Balaban J connectivity index is 3.08. The van der Waals surface area contributed by atoms with Crippen LogP contribution in [0.2, 0.25) is 0 Å². The van der Waals surface area contributed by atoms with Crippen molar-refractivity contribution < 1.29 is 43.2 Å². The molecule has 0 aliphatic carbocycles. The van der Waals surface area contributed by atoms with E-state index in [1.165, 1.54) is 19.1 Å². The van der Waals surface area contributed by atoms with Crippen molar-refractivity contribution in [2.75, 3.05) is 6.61 Å². The Labute approximate surface area is 237 Å². The highest BCUT2D eigenvalue weighted by molar-refractivity contribution is 5.79. The van der Waals surface area contributed by atoms with Gasteiger partial charge in [0.2, 0.25) is 0 Å². The highest BCUT2D eigenvalue weighted by Crippen LogP contribution is 2.32. The average Bonchev–Trinajstić information content (AvgIpc) is 2.82. The van der Waals surface area contributed by atoms with Gasteiger partial charge < -0.3 is 29.8 Å². The average molecular weight is 566 g/mol. The summed E-state index contributed by atoms with van der Waals surface area (Å²) in [6, 6.07) is 4.48. The number of ether oxygens (including phenoxy) is 4. The summed E-state index contributed by atoms with van der Waals surface area (Å²) in [7, 11) is 0. The third-order valence-corrected chi connectivity index (χ3v) is 6.12. The Morgan fingerprint density at radius 3 is 1.85 bits per heavy atom. The van der Waals surface area contributed by atoms with E-state index in [2.05, 4.69) is 0 Å². The molecule has 0 fully saturated rings. The number of nitrogens with two attached hydrogens (primary N) is 1. The van der Waals surface area contributed by atoms with Gasteiger partial charge in [-0.3, -0.25) is 14.4 Å². The first-order valence-electron chi connectivity index (χ1n) is 14.0. The minimum atomic E-state index is -1.81. The molecule has 0 saturated carbocycles. The number of carboxylic acids is 1. The van der Waals surface area contributed by atoms with Crippen LogP contribution in [-0.2, 0) is 30.3 Å². The first kappa shape index (κ1) is 34.9. The van der Waals surface area contributed by atoms with Crippen LogP contribution < -0.4 is 15.2 Å². The van der Waals surface area contributed by atoms with Crippen molar-refractivity contribution in [1.29, 1.82) is 0 Å². The molecule has 0 saturated heterocycles. The van der Waals surface area contributed by atoms with Crippen LogP contribution in [0.5, 0.6) is 11.5 Å². The van der Waals surface area contributed by atoms with E-state index in [0.29, 0.717) is 36.7 Å². The summed E-state index contributed by atoms with van der Waals surface area (Å²) >= 11 is 0. The van der Waals surface area contributed by atoms with E-state index in [-0.39, 0.29) is 49.7 Å². The van der Waals surface area contributed by atoms with Gasteiger partial charge in [0.25, 0.3) is 0 Å². The Kier molecular flexibility index (Phi) is 14.7. The lowest BCUT2D eigenvalue weighted by molar-refractivity contribution is -0.144. The monoisotopic (exact) mass is 565 g/mol. The Hall–Kier alpha value is -3.14. The van der Waals surface area contributed by atoms with Crippen molar-refractivity contribution in [3.8, 4) is 11.5 Å². The number of hydrogen-bond acceptors (Lipinski definition) is 9. The van der Waals surface area contributed by atoms with Crippen LogP contribution in [0.15, 0.2) is 18.2 Å². The Morgan fingerprint density at radius 1 is 0.825 bits per heavy atom. The first-order chi connectivity index (χ1) is 18.6. The molecule has 40 heavy (non-hydrogen) atoms. The van der Waals surface area contributed by atoms with Crippen molar-refractivity contribution in [3.05, 3.63) is 23.8 Å². The molecule has 0 amide bonds. The molecule has 1 unspecified atom stereocenters. The van der Waals surface area contributed by atoms with Crippen molar-refractivity contribution >= 4 is 24.1 Å². The van der Waals surface area contributed by atoms with Gasteiger partial charge in [0.1, 0.15) is 11.6 Å². The van der Waals surface area contributed by atoms with Crippen molar-refractivity contribution in [2.45, 2.75) is 105 Å². The van der Waals surface area contributed by atoms with Crippen LogP contribution in [0, 0.1) is 17.8 Å². The predicted molar refractivity (Wildman–Crippen MR) is 150 cm³/mol. The van der Waals surface area contributed by atoms with Gasteiger partial charge in [-0.05, 0) is 61.6 Å². The lowest BCUT2D eigenvalue weighted by Gasteiger charge is -2.28. The van der Waals surface area contributed by atoms with Crippen LogP contribution in [0.25, 0.3) is 0 Å². The summed E-state index contributed by atoms with van der Waals surface area (Å²) < 4.78 is 21.3. The third-order valence-electron chi connectivity index (χ3n) is 6.12. The maximum Gasteiger partial charge on any atom is 0.508 e. The molecule has 0 aliphatic heterocycles. The zero-order valence-electron chi connectivity index (χ0n) is 25.0. The van der Waals surface area contributed by atoms with Crippen LogP contribution in [-0.4, -0.2) is 47.4 Å². The highest BCUT2D eigenvalue weighted by Gasteiger charge is 2.37. The predicted octanol–water partition coefficient (Wildman–Crippen LogP) is 5.67. The molecule has 10 nitrogen and oxygen atoms in total. The summed E-state index contributed by atoms with van der Waals surface area (Å²) in [6.45, 7) is 13.7. The number of carbonyl (C=O) groups excluding carboxylic acids is 3. The number of esters is 2. The number of rotatable bonds is 17. The van der Waals surface area contributed by atoms with Crippen LogP contribution in [0.1, 0.15) is 92.6 Å². The van der Waals surface area contributed by atoms with Crippen molar-refractivity contribution in [2.24, 2.45) is 23.5 Å². The summed E-state index contributed by atoms with van der Waals surface area (Å²) in [5.41, 5.74) is 4.91. The normalized spacial score (nSPS) is 13.6. The van der Waals surface area contributed by atoms with E-state index in [9.17, 15) is 24.3 Å². The molecule has 226 valence electrons. The maximum atomic E-state index is 12.5. The zero-order valence-corrected chi connectivity index (χ0v) is 25.0. The maximum absolute atomic E-state index is 12.5. The SMILES string of the molecule is CC(C)CCOC(=O)O[C@@H](C)CC(N)(Cc1ccc(OC(=O)CCC(C)C)c(OC(=O)CCC(C)C)c1)C(=O)O. The number of carbonyl (C=O) groups is 4. The van der Waals surface area contributed by atoms with Crippen molar-refractivity contribution in [3.63, 3.8) is 0 Å².